The van der Waals surface area contributed by atoms with Crippen LogP contribution in [0.1, 0.15) is 27.6 Å². The van der Waals surface area contributed by atoms with Gasteiger partial charge in [0.25, 0.3) is 0 Å². The van der Waals surface area contributed by atoms with Crippen molar-refractivity contribution in [2.24, 2.45) is 0 Å². The third-order valence-corrected chi connectivity index (χ3v) is 4.10. The van der Waals surface area contributed by atoms with Crippen LogP contribution in [-0.2, 0) is 0 Å². The van der Waals surface area contributed by atoms with Crippen LogP contribution < -0.4 is 0 Å². The summed E-state index contributed by atoms with van der Waals surface area (Å²) in [6, 6.07) is 14.6. The fourth-order valence-corrected chi connectivity index (χ4v) is 2.25. The van der Waals surface area contributed by atoms with Crippen LogP contribution in [0.2, 0.25) is 0 Å². The number of rotatable bonds is 3. The number of Topliss-reactive ketones (excluding diaryl/α,β-unsaturated/α-hetero) is 2. The van der Waals surface area contributed by atoms with Crippen molar-refractivity contribution < 1.29 is 9.59 Å². The number of halogens is 3. The molecule has 0 spiro atoms. The minimum atomic E-state index is 0.104. The summed E-state index contributed by atoms with van der Waals surface area (Å²) in [4.78, 5) is 21.8. The van der Waals surface area contributed by atoms with Crippen molar-refractivity contribution >= 4 is 59.4 Å². The van der Waals surface area contributed by atoms with E-state index in [1.165, 1.54) is 0 Å². The van der Waals surface area contributed by atoms with Gasteiger partial charge in [-0.3, -0.25) is 9.59 Å². The smallest absolute Gasteiger partial charge is 0.173 e. The third kappa shape index (κ3) is 6.68. The van der Waals surface area contributed by atoms with Gasteiger partial charge in [0.2, 0.25) is 0 Å². The normalized spacial score (nSPS) is 9.52. The fraction of sp³-hybridized carbons (Fsp3) is 0.125. The van der Waals surface area contributed by atoms with Gasteiger partial charge in [-0.2, -0.15) is 0 Å². The molecular weight excluding hydrogens is 464 g/mol. The predicted molar refractivity (Wildman–Crippen MR) is 96.4 cm³/mol. The summed E-state index contributed by atoms with van der Waals surface area (Å²) in [7, 11) is 0. The molecule has 110 valence electrons. The van der Waals surface area contributed by atoms with Gasteiger partial charge in [-0.15, -0.1) is 0 Å². The molecule has 0 aliphatic carbocycles. The standard InChI is InChI=1S/C8H6Br2O.C8H7BrO/c9-5-8(11)6-1-3-7(10)4-2-6;1-6(10)7-2-4-8(9)5-3-7/h1-4H,5H2;2-5H,1H3. The molecule has 2 rings (SSSR count). The maximum Gasteiger partial charge on any atom is 0.173 e. The summed E-state index contributed by atoms with van der Waals surface area (Å²) in [5.41, 5.74) is 1.49. The molecule has 0 aliphatic heterocycles. The second kappa shape index (κ2) is 9.28. The summed E-state index contributed by atoms with van der Waals surface area (Å²) in [5, 5.41) is 0.384. The second-order valence-electron chi connectivity index (χ2n) is 4.13. The number of alkyl halides is 1. The van der Waals surface area contributed by atoms with Crippen molar-refractivity contribution in [3.8, 4) is 0 Å². The maximum absolute atomic E-state index is 11.1. The van der Waals surface area contributed by atoms with Gasteiger partial charge in [-0.25, -0.2) is 0 Å². The monoisotopic (exact) mass is 474 g/mol. The van der Waals surface area contributed by atoms with E-state index < -0.39 is 0 Å². The molecule has 0 amide bonds. The number of benzene rings is 2. The van der Waals surface area contributed by atoms with E-state index in [-0.39, 0.29) is 11.6 Å². The molecule has 0 fully saturated rings. The molecule has 0 unspecified atom stereocenters. The Hall–Kier alpha value is -0.780. The molecule has 2 aromatic rings. The average Bonchev–Trinajstić information content (AvgIpc) is 2.48. The maximum atomic E-state index is 11.1. The Bertz CT molecular complexity index is 604. The SMILES string of the molecule is CC(=O)c1ccc(Br)cc1.O=C(CBr)c1ccc(Br)cc1. The molecule has 0 aromatic heterocycles. The lowest BCUT2D eigenvalue weighted by molar-refractivity contribution is 0.101. The van der Waals surface area contributed by atoms with Crippen molar-refractivity contribution in [2.75, 3.05) is 5.33 Å². The van der Waals surface area contributed by atoms with Gasteiger partial charge in [0.1, 0.15) is 0 Å². The zero-order chi connectivity index (χ0) is 15.8. The molecular formula is C16H13Br3O2. The highest BCUT2D eigenvalue weighted by Crippen LogP contribution is 2.11. The Kier molecular flexibility index (Phi) is 8.07. The lowest BCUT2D eigenvalue weighted by Crippen LogP contribution is -1.98. The molecule has 0 N–H and O–H groups in total. The minimum absolute atomic E-state index is 0.104. The van der Waals surface area contributed by atoms with E-state index >= 15 is 0 Å². The third-order valence-electron chi connectivity index (χ3n) is 2.54. The van der Waals surface area contributed by atoms with Crippen molar-refractivity contribution in [2.45, 2.75) is 6.92 Å². The van der Waals surface area contributed by atoms with Gasteiger partial charge >= 0.3 is 0 Å². The molecule has 2 aromatic carbocycles. The van der Waals surface area contributed by atoms with E-state index in [1.54, 1.807) is 31.2 Å². The summed E-state index contributed by atoms with van der Waals surface area (Å²) >= 11 is 9.69. The molecule has 5 heteroatoms. The molecule has 0 aliphatic rings. The topological polar surface area (TPSA) is 34.1 Å². The van der Waals surface area contributed by atoms with Gasteiger partial charge in [-0.05, 0) is 31.2 Å². The first-order valence-electron chi connectivity index (χ1n) is 6.05. The van der Waals surface area contributed by atoms with Crippen LogP contribution >= 0.6 is 47.8 Å². The van der Waals surface area contributed by atoms with Crippen molar-refractivity contribution in [3.05, 3.63) is 68.6 Å². The second-order valence-corrected chi connectivity index (χ2v) is 6.52. The summed E-state index contributed by atoms with van der Waals surface area (Å²) in [6.45, 7) is 1.56. The lowest BCUT2D eigenvalue weighted by atomic mass is 10.2. The largest absolute Gasteiger partial charge is 0.295 e. The average molecular weight is 477 g/mol. The van der Waals surface area contributed by atoms with E-state index in [2.05, 4.69) is 47.8 Å². The fourth-order valence-electron chi connectivity index (χ4n) is 1.40. The van der Waals surface area contributed by atoms with Gasteiger partial charge in [-0.1, -0.05) is 72.1 Å². The first kappa shape index (κ1) is 18.3. The van der Waals surface area contributed by atoms with Gasteiger partial charge in [0, 0.05) is 20.1 Å². The Morgan fingerprint density at radius 2 is 1.19 bits per heavy atom. The highest BCUT2D eigenvalue weighted by molar-refractivity contribution is 9.10. The molecule has 2 nitrogen and oxygen atoms in total. The molecule has 21 heavy (non-hydrogen) atoms. The number of hydrogen-bond acceptors (Lipinski definition) is 2. The zero-order valence-electron chi connectivity index (χ0n) is 11.3. The predicted octanol–water partition coefficient (Wildman–Crippen LogP) is 5.68. The molecule has 0 heterocycles. The zero-order valence-corrected chi connectivity index (χ0v) is 16.0. The van der Waals surface area contributed by atoms with Crippen LogP contribution in [0, 0.1) is 0 Å². The molecule has 0 bridgehead atoms. The number of ketones is 2. The lowest BCUT2D eigenvalue weighted by Gasteiger charge is -1.95. The number of hydrogen-bond donors (Lipinski definition) is 0. The van der Waals surface area contributed by atoms with Gasteiger partial charge < -0.3 is 0 Å². The summed E-state index contributed by atoms with van der Waals surface area (Å²) < 4.78 is 1.99. The summed E-state index contributed by atoms with van der Waals surface area (Å²) in [5.74, 6) is 0.213. The van der Waals surface area contributed by atoms with Crippen LogP contribution in [0.15, 0.2) is 57.5 Å². The number of carbonyl (C=O) groups excluding carboxylic acids is 2. The van der Waals surface area contributed by atoms with Gasteiger partial charge in [0.15, 0.2) is 11.6 Å². The highest BCUT2D eigenvalue weighted by atomic mass is 79.9. The minimum Gasteiger partial charge on any atom is -0.295 e. The van der Waals surface area contributed by atoms with Crippen LogP contribution in [0.4, 0.5) is 0 Å². The Balaban J connectivity index is 0.000000211. The molecule has 0 atom stereocenters. The van der Waals surface area contributed by atoms with Crippen LogP contribution in [0.25, 0.3) is 0 Å². The first-order valence-corrected chi connectivity index (χ1v) is 8.76. The Morgan fingerprint density at radius 3 is 1.52 bits per heavy atom. The van der Waals surface area contributed by atoms with E-state index in [4.69, 9.17) is 0 Å². The van der Waals surface area contributed by atoms with Crippen LogP contribution in [0.3, 0.4) is 0 Å². The van der Waals surface area contributed by atoms with Crippen molar-refractivity contribution in [1.29, 1.82) is 0 Å². The number of carbonyl (C=O) groups is 2. The molecule has 0 saturated heterocycles. The van der Waals surface area contributed by atoms with Crippen molar-refractivity contribution in [3.63, 3.8) is 0 Å². The molecule has 0 saturated carbocycles. The Morgan fingerprint density at radius 1 is 0.810 bits per heavy atom. The van der Waals surface area contributed by atoms with Crippen molar-refractivity contribution in [1.82, 2.24) is 0 Å². The highest BCUT2D eigenvalue weighted by Gasteiger charge is 2.01. The summed E-state index contributed by atoms with van der Waals surface area (Å²) in [6.07, 6.45) is 0. The quantitative estimate of drug-likeness (QED) is 0.422. The van der Waals surface area contributed by atoms with E-state index in [0.717, 1.165) is 20.1 Å². The van der Waals surface area contributed by atoms with E-state index in [9.17, 15) is 9.59 Å². The molecule has 0 radical (unpaired) electrons. The Labute approximate surface area is 149 Å². The van der Waals surface area contributed by atoms with Gasteiger partial charge in [0.05, 0.1) is 5.33 Å². The van der Waals surface area contributed by atoms with Crippen LogP contribution in [-0.4, -0.2) is 16.9 Å². The first-order chi connectivity index (χ1) is 9.93. The van der Waals surface area contributed by atoms with E-state index in [1.807, 2.05) is 24.3 Å². The van der Waals surface area contributed by atoms with E-state index in [0.29, 0.717) is 5.33 Å². The van der Waals surface area contributed by atoms with Crippen LogP contribution in [0.5, 0.6) is 0 Å².